The van der Waals surface area contributed by atoms with E-state index in [1.165, 1.54) is 0 Å². The van der Waals surface area contributed by atoms with Crippen LogP contribution < -0.4 is 11.1 Å². The summed E-state index contributed by atoms with van der Waals surface area (Å²) in [6.45, 7) is 5.69. The Morgan fingerprint density at radius 1 is 1.40 bits per heavy atom. The van der Waals surface area contributed by atoms with E-state index in [9.17, 15) is 4.79 Å². The number of carbonyl (C=O) groups is 1. The summed E-state index contributed by atoms with van der Waals surface area (Å²) in [7, 11) is 0. The number of ether oxygens (including phenoxy) is 1. The average Bonchev–Trinajstić information content (AvgIpc) is 2.38. The molecule has 0 radical (unpaired) electrons. The molecule has 0 atom stereocenters. The van der Waals surface area contributed by atoms with Gasteiger partial charge in [0, 0.05) is 25.3 Å². The zero-order chi connectivity index (χ0) is 15.0. The van der Waals surface area contributed by atoms with Gasteiger partial charge in [-0.25, -0.2) is 0 Å². The molecule has 112 valence electrons. The predicted molar refractivity (Wildman–Crippen MR) is 84.0 cm³/mol. The molecule has 0 saturated heterocycles. The van der Waals surface area contributed by atoms with Crippen LogP contribution in [0.1, 0.15) is 33.1 Å². The van der Waals surface area contributed by atoms with Gasteiger partial charge in [0.1, 0.15) is 0 Å². The highest BCUT2D eigenvalue weighted by molar-refractivity contribution is 6.33. The van der Waals surface area contributed by atoms with Crippen molar-refractivity contribution >= 4 is 28.9 Å². The minimum atomic E-state index is -0.0424. The lowest BCUT2D eigenvalue weighted by atomic mass is 10.1. The first-order chi connectivity index (χ1) is 9.49. The van der Waals surface area contributed by atoms with Gasteiger partial charge in [0.25, 0.3) is 0 Å². The Morgan fingerprint density at radius 2 is 2.15 bits per heavy atom. The first-order valence-electron chi connectivity index (χ1n) is 6.91. The molecule has 0 spiro atoms. The molecule has 3 N–H and O–H groups in total. The number of amides is 1. The lowest BCUT2D eigenvalue weighted by Gasteiger charge is -2.08. The number of anilines is 2. The average molecular weight is 299 g/mol. The number of nitrogen functional groups attached to an aromatic ring is 1. The molecule has 20 heavy (non-hydrogen) atoms. The van der Waals surface area contributed by atoms with Crippen molar-refractivity contribution in [2.75, 3.05) is 24.3 Å². The van der Waals surface area contributed by atoms with Crippen molar-refractivity contribution in [3.8, 4) is 0 Å². The summed E-state index contributed by atoms with van der Waals surface area (Å²) in [5.74, 6) is 0.604. The minimum Gasteiger partial charge on any atom is -0.397 e. The minimum absolute atomic E-state index is 0.0424. The summed E-state index contributed by atoms with van der Waals surface area (Å²) in [6, 6.07) is 5.05. The molecule has 1 rings (SSSR count). The molecule has 0 aromatic heterocycles. The molecule has 0 saturated carbocycles. The Bertz CT molecular complexity index is 436. The van der Waals surface area contributed by atoms with Crippen LogP contribution in [0.25, 0.3) is 0 Å². The maximum Gasteiger partial charge on any atom is 0.224 e. The van der Waals surface area contributed by atoms with E-state index in [0.29, 0.717) is 41.8 Å². The third-order valence-electron chi connectivity index (χ3n) is 2.81. The topological polar surface area (TPSA) is 64.3 Å². The van der Waals surface area contributed by atoms with Crippen LogP contribution in [0.2, 0.25) is 5.02 Å². The molecule has 0 heterocycles. The number of rotatable bonds is 8. The smallest absolute Gasteiger partial charge is 0.224 e. The largest absolute Gasteiger partial charge is 0.397 e. The first-order valence-corrected chi connectivity index (χ1v) is 7.29. The van der Waals surface area contributed by atoms with E-state index in [1.54, 1.807) is 18.2 Å². The first kappa shape index (κ1) is 16.8. The normalized spacial score (nSPS) is 10.8. The number of carbonyl (C=O) groups excluding carboxylic acids is 1. The van der Waals surface area contributed by atoms with E-state index >= 15 is 0 Å². The molecule has 0 unspecified atom stereocenters. The third-order valence-corrected chi connectivity index (χ3v) is 3.16. The summed E-state index contributed by atoms with van der Waals surface area (Å²) in [6.07, 6.45) is 2.20. The van der Waals surface area contributed by atoms with E-state index in [-0.39, 0.29) is 5.91 Å². The fourth-order valence-corrected chi connectivity index (χ4v) is 1.72. The Hall–Kier alpha value is -1.26. The number of halogens is 1. The number of nitrogens with two attached hydrogens (primary N) is 1. The van der Waals surface area contributed by atoms with Gasteiger partial charge < -0.3 is 15.8 Å². The third kappa shape index (κ3) is 6.78. The molecular weight excluding hydrogens is 276 g/mol. The van der Waals surface area contributed by atoms with Gasteiger partial charge in [-0.3, -0.25) is 4.79 Å². The maximum absolute atomic E-state index is 11.7. The Labute approximate surface area is 125 Å². The zero-order valence-electron chi connectivity index (χ0n) is 12.1. The molecular formula is C15H23ClN2O2. The molecule has 0 aliphatic carbocycles. The lowest BCUT2D eigenvalue weighted by molar-refractivity contribution is -0.116. The quantitative estimate of drug-likeness (QED) is 0.568. The number of hydrogen-bond acceptors (Lipinski definition) is 3. The van der Waals surface area contributed by atoms with Crippen LogP contribution in [-0.2, 0) is 9.53 Å². The second-order valence-electron chi connectivity index (χ2n) is 5.18. The highest BCUT2D eigenvalue weighted by Gasteiger charge is 2.04. The second kappa shape index (κ2) is 8.82. The highest BCUT2D eigenvalue weighted by atomic mass is 35.5. The van der Waals surface area contributed by atoms with Crippen molar-refractivity contribution in [1.82, 2.24) is 0 Å². The fraction of sp³-hybridized carbons (Fsp3) is 0.533. The van der Waals surface area contributed by atoms with E-state index in [4.69, 9.17) is 22.1 Å². The van der Waals surface area contributed by atoms with Crippen molar-refractivity contribution in [3.63, 3.8) is 0 Å². The van der Waals surface area contributed by atoms with Gasteiger partial charge in [-0.05, 0) is 37.0 Å². The predicted octanol–water partition coefficient (Wildman–Crippen LogP) is 3.70. The van der Waals surface area contributed by atoms with Gasteiger partial charge in [-0.1, -0.05) is 25.4 Å². The van der Waals surface area contributed by atoms with Gasteiger partial charge in [0.15, 0.2) is 0 Å². The number of benzene rings is 1. The summed E-state index contributed by atoms with van der Waals surface area (Å²) >= 11 is 5.82. The molecule has 4 nitrogen and oxygen atoms in total. The van der Waals surface area contributed by atoms with Crippen molar-refractivity contribution in [3.05, 3.63) is 23.2 Å². The fourth-order valence-electron chi connectivity index (χ4n) is 1.60. The van der Waals surface area contributed by atoms with Crippen LogP contribution in [0.15, 0.2) is 18.2 Å². The summed E-state index contributed by atoms with van der Waals surface area (Å²) < 4.78 is 5.46. The van der Waals surface area contributed by atoms with E-state index in [2.05, 4.69) is 19.2 Å². The van der Waals surface area contributed by atoms with Gasteiger partial charge in [0.2, 0.25) is 5.91 Å². The van der Waals surface area contributed by atoms with Crippen molar-refractivity contribution in [2.45, 2.75) is 33.1 Å². The van der Waals surface area contributed by atoms with Crippen molar-refractivity contribution in [2.24, 2.45) is 5.92 Å². The molecule has 1 aromatic rings. The van der Waals surface area contributed by atoms with Crippen LogP contribution in [-0.4, -0.2) is 19.1 Å². The molecule has 1 aromatic carbocycles. The van der Waals surface area contributed by atoms with Crippen molar-refractivity contribution in [1.29, 1.82) is 0 Å². The maximum atomic E-state index is 11.7. The Kier molecular flexibility index (Phi) is 7.41. The molecule has 0 bridgehead atoms. The SMILES string of the molecule is CC(C)CCOCCCC(=O)Nc1ccc(Cl)c(N)c1. The summed E-state index contributed by atoms with van der Waals surface area (Å²) in [5.41, 5.74) is 6.80. The molecule has 0 aliphatic heterocycles. The Balaban J connectivity index is 2.18. The molecule has 5 heteroatoms. The van der Waals surface area contributed by atoms with Crippen LogP contribution in [0.4, 0.5) is 11.4 Å². The zero-order valence-corrected chi connectivity index (χ0v) is 12.9. The monoisotopic (exact) mass is 298 g/mol. The van der Waals surface area contributed by atoms with Crippen LogP contribution in [0.3, 0.4) is 0 Å². The van der Waals surface area contributed by atoms with E-state index < -0.39 is 0 Å². The van der Waals surface area contributed by atoms with E-state index in [1.807, 2.05) is 0 Å². The number of nitrogens with one attached hydrogen (secondary N) is 1. The lowest BCUT2D eigenvalue weighted by Crippen LogP contribution is -2.12. The standard InChI is InChI=1S/C15H23ClN2O2/c1-11(2)7-9-20-8-3-4-15(19)18-12-5-6-13(16)14(17)10-12/h5-6,10-11H,3-4,7-9,17H2,1-2H3,(H,18,19). The molecule has 0 aliphatic rings. The Morgan fingerprint density at radius 3 is 2.80 bits per heavy atom. The molecule has 0 fully saturated rings. The second-order valence-corrected chi connectivity index (χ2v) is 5.59. The van der Waals surface area contributed by atoms with Crippen LogP contribution in [0, 0.1) is 5.92 Å². The summed E-state index contributed by atoms with van der Waals surface area (Å²) in [4.78, 5) is 11.7. The van der Waals surface area contributed by atoms with Gasteiger partial charge in [0.05, 0.1) is 10.7 Å². The van der Waals surface area contributed by atoms with Crippen LogP contribution in [0.5, 0.6) is 0 Å². The van der Waals surface area contributed by atoms with Crippen LogP contribution >= 0.6 is 11.6 Å². The summed E-state index contributed by atoms with van der Waals surface area (Å²) in [5, 5.41) is 3.27. The van der Waals surface area contributed by atoms with E-state index in [0.717, 1.165) is 13.0 Å². The van der Waals surface area contributed by atoms with Gasteiger partial charge in [-0.15, -0.1) is 0 Å². The van der Waals surface area contributed by atoms with Crippen molar-refractivity contribution < 1.29 is 9.53 Å². The van der Waals surface area contributed by atoms with Gasteiger partial charge in [-0.2, -0.15) is 0 Å². The van der Waals surface area contributed by atoms with Gasteiger partial charge >= 0.3 is 0 Å². The molecule has 1 amide bonds. The number of hydrogen-bond donors (Lipinski definition) is 2. The highest BCUT2D eigenvalue weighted by Crippen LogP contribution is 2.22.